The molecule has 4 heteroatoms. The Bertz CT molecular complexity index is 435. The molecule has 0 aromatic heterocycles. The van der Waals surface area contributed by atoms with Crippen LogP contribution < -0.4 is 10.6 Å². The Labute approximate surface area is 101 Å². The predicted molar refractivity (Wildman–Crippen MR) is 68.4 cm³/mol. The maximum absolute atomic E-state index is 10.9. The van der Waals surface area contributed by atoms with Gasteiger partial charge < -0.3 is 15.7 Å². The van der Waals surface area contributed by atoms with Gasteiger partial charge in [0, 0.05) is 24.5 Å². The van der Waals surface area contributed by atoms with Crippen molar-refractivity contribution >= 4 is 17.3 Å². The van der Waals surface area contributed by atoms with E-state index >= 15 is 0 Å². The molecule has 0 saturated carbocycles. The normalized spacial score (nSPS) is 24.0. The van der Waals surface area contributed by atoms with E-state index in [2.05, 4.69) is 18.7 Å². The minimum atomic E-state index is -0.975. The Kier molecular flexibility index (Phi) is 2.96. The number of nitrogens with zero attached hydrogens (tertiary/aromatic N) is 1. The zero-order valence-electron chi connectivity index (χ0n) is 10.2. The van der Waals surface area contributed by atoms with Crippen molar-refractivity contribution in [3.63, 3.8) is 0 Å². The smallest absolute Gasteiger partial charge is 0.337 e. The molecule has 1 fully saturated rings. The quantitative estimate of drug-likeness (QED) is 0.769. The number of hydrogen-bond acceptors (Lipinski definition) is 3. The lowest BCUT2D eigenvalue weighted by atomic mass is 10.0. The van der Waals surface area contributed by atoms with E-state index in [9.17, 15) is 4.79 Å². The van der Waals surface area contributed by atoms with Gasteiger partial charge in [-0.15, -0.1) is 0 Å². The molecule has 0 bridgehead atoms. The van der Waals surface area contributed by atoms with Gasteiger partial charge in [-0.1, -0.05) is 13.8 Å². The van der Waals surface area contributed by atoms with Crippen molar-refractivity contribution in [2.45, 2.75) is 13.8 Å². The summed E-state index contributed by atoms with van der Waals surface area (Å²) in [6.07, 6.45) is 0. The number of anilines is 2. The molecule has 0 aliphatic carbocycles. The molecule has 1 aromatic carbocycles. The van der Waals surface area contributed by atoms with Crippen LogP contribution in [-0.4, -0.2) is 24.2 Å². The van der Waals surface area contributed by atoms with Crippen LogP contribution in [0.15, 0.2) is 18.2 Å². The zero-order chi connectivity index (χ0) is 12.6. The standard InChI is InChI=1S/C13H18N2O2/c1-8-6-15(7-9(8)2)10-3-4-11(13(16)17)12(14)5-10/h3-5,8-9H,6-7,14H2,1-2H3,(H,16,17). The molecule has 1 aliphatic heterocycles. The summed E-state index contributed by atoms with van der Waals surface area (Å²) in [7, 11) is 0. The minimum absolute atomic E-state index is 0.175. The van der Waals surface area contributed by atoms with E-state index in [0.717, 1.165) is 18.8 Å². The number of nitrogen functional groups attached to an aromatic ring is 1. The monoisotopic (exact) mass is 234 g/mol. The van der Waals surface area contributed by atoms with Crippen LogP contribution in [0.3, 0.4) is 0 Å². The fourth-order valence-electron chi connectivity index (χ4n) is 2.28. The van der Waals surface area contributed by atoms with E-state index < -0.39 is 5.97 Å². The van der Waals surface area contributed by atoms with Gasteiger partial charge in [0.2, 0.25) is 0 Å². The SMILES string of the molecule is CC1CN(c2ccc(C(=O)O)c(N)c2)CC1C. The summed E-state index contributed by atoms with van der Waals surface area (Å²) in [5.41, 5.74) is 7.28. The number of carboxylic acids is 1. The van der Waals surface area contributed by atoms with Gasteiger partial charge in [-0.2, -0.15) is 0 Å². The molecular formula is C13H18N2O2. The molecule has 2 rings (SSSR count). The van der Waals surface area contributed by atoms with Crippen molar-refractivity contribution in [3.8, 4) is 0 Å². The van der Waals surface area contributed by atoms with Crippen molar-refractivity contribution in [1.29, 1.82) is 0 Å². The van der Waals surface area contributed by atoms with Crippen LogP contribution in [0.2, 0.25) is 0 Å². The van der Waals surface area contributed by atoms with Gasteiger partial charge >= 0.3 is 5.97 Å². The first-order chi connectivity index (χ1) is 7.99. The Morgan fingerprint density at radius 3 is 2.41 bits per heavy atom. The largest absolute Gasteiger partial charge is 0.478 e. The molecule has 1 saturated heterocycles. The summed E-state index contributed by atoms with van der Waals surface area (Å²) in [4.78, 5) is 13.1. The number of aromatic carboxylic acids is 1. The van der Waals surface area contributed by atoms with Crippen molar-refractivity contribution in [1.82, 2.24) is 0 Å². The number of rotatable bonds is 2. The molecule has 3 N–H and O–H groups in total. The molecule has 17 heavy (non-hydrogen) atoms. The van der Waals surface area contributed by atoms with Crippen LogP contribution in [0, 0.1) is 11.8 Å². The Morgan fingerprint density at radius 2 is 1.94 bits per heavy atom. The van der Waals surface area contributed by atoms with E-state index in [1.165, 1.54) is 0 Å². The first-order valence-corrected chi connectivity index (χ1v) is 5.87. The molecular weight excluding hydrogens is 216 g/mol. The third-order valence-electron chi connectivity index (χ3n) is 3.62. The highest BCUT2D eigenvalue weighted by molar-refractivity contribution is 5.94. The summed E-state index contributed by atoms with van der Waals surface area (Å²) >= 11 is 0. The molecule has 4 nitrogen and oxygen atoms in total. The van der Waals surface area contributed by atoms with Gasteiger partial charge in [-0.25, -0.2) is 4.79 Å². The predicted octanol–water partition coefficient (Wildman–Crippen LogP) is 2.06. The summed E-state index contributed by atoms with van der Waals surface area (Å²) < 4.78 is 0. The minimum Gasteiger partial charge on any atom is -0.478 e. The lowest BCUT2D eigenvalue weighted by Gasteiger charge is -2.19. The lowest BCUT2D eigenvalue weighted by molar-refractivity contribution is 0.0698. The topological polar surface area (TPSA) is 66.6 Å². The maximum atomic E-state index is 10.9. The van der Waals surface area contributed by atoms with E-state index in [-0.39, 0.29) is 5.56 Å². The van der Waals surface area contributed by atoms with Gasteiger partial charge in [-0.3, -0.25) is 0 Å². The van der Waals surface area contributed by atoms with Crippen molar-refractivity contribution < 1.29 is 9.90 Å². The molecule has 1 aliphatic rings. The molecule has 0 spiro atoms. The molecule has 2 unspecified atom stereocenters. The molecule has 0 radical (unpaired) electrons. The zero-order valence-corrected chi connectivity index (χ0v) is 10.2. The average Bonchev–Trinajstić information content (AvgIpc) is 2.58. The summed E-state index contributed by atoms with van der Waals surface area (Å²) in [5, 5.41) is 8.91. The van der Waals surface area contributed by atoms with Gasteiger partial charge in [0.15, 0.2) is 0 Å². The van der Waals surface area contributed by atoms with E-state index in [1.807, 2.05) is 6.07 Å². The van der Waals surface area contributed by atoms with Gasteiger partial charge in [0.25, 0.3) is 0 Å². The van der Waals surface area contributed by atoms with Gasteiger partial charge in [0.05, 0.1) is 5.56 Å². The van der Waals surface area contributed by atoms with Crippen LogP contribution >= 0.6 is 0 Å². The van der Waals surface area contributed by atoms with Crippen molar-refractivity contribution in [2.24, 2.45) is 11.8 Å². The number of carbonyl (C=O) groups is 1. The second kappa shape index (κ2) is 4.28. The van der Waals surface area contributed by atoms with Crippen LogP contribution in [0.1, 0.15) is 24.2 Å². The molecule has 1 heterocycles. The van der Waals surface area contributed by atoms with Crippen LogP contribution in [0.5, 0.6) is 0 Å². The van der Waals surface area contributed by atoms with Crippen LogP contribution in [0.4, 0.5) is 11.4 Å². The number of carboxylic acid groups (broad SMARTS) is 1. The highest BCUT2D eigenvalue weighted by Gasteiger charge is 2.26. The van der Waals surface area contributed by atoms with E-state index in [0.29, 0.717) is 17.5 Å². The van der Waals surface area contributed by atoms with E-state index in [4.69, 9.17) is 10.8 Å². The summed E-state index contributed by atoms with van der Waals surface area (Å²) in [6.45, 7) is 6.49. The third-order valence-corrected chi connectivity index (χ3v) is 3.62. The molecule has 2 atom stereocenters. The lowest BCUT2D eigenvalue weighted by Crippen LogP contribution is -2.20. The summed E-state index contributed by atoms with van der Waals surface area (Å²) in [5.74, 6) is 0.350. The summed E-state index contributed by atoms with van der Waals surface area (Å²) in [6, 6.07) is 5.18. The maximum Gasteiger partial charge on any atom is 0.337 e. The first-order valence-electron chi connectivity index (χ1n) is 5.87. The Morgan fingerprint density at radius 1 is 1.35 bits per heavy atom. The first kappa shape index (κ1) is 11.8. The Hall–Kier alpha value is -1.71. The van der Waals surface area contributed by atoms with Gasteiger partial charge in [0.1, 0.15) is 0 Å². The Balaban J connectivity index is 2.24. The van der Waals surface area contributed by atoms with E-state index in [1.54, 1.807) is 12.1 Å². The molecule has 1 aromatic rings. The number of nitrogens with two attached hydrogens (primary N) is 1. The third kappa shape index (κ3) is 2.20. The van der Waals surface area contributed by atoms with Crippen molar-refractivity contribution in [3.05, 3.63) is 23.8 Å². The average molecular weight is 234 g/mol. The van der Waals surface area contributed by atoms with Crippen LogP contribution in [0.25, 0.3) is 0 Å². The molecule has 0 amide bonds. The second-order valence-corrected chi connectivity index (χ2v) is 4.94. The fourth-order valence-corrected chi connectivity index (χ4v) is 2.28. The second-order valence-electron chi connectivity index (χ2n) is 4.94. The van der Waals surface area contributed by atoms with Crippen molar-refractivity contribution in [2.75, 3.05) is 23.7 Å². The van der Waals surface area contributed by atoms with Crippen LogP contribution in [-0.2, 0) is 0 Å². The number of hydrogen-bond donors (Lipinski definition) is 2. The number of benzene rings is 1. The highest BCUT2D eigenvalue weighted by Crippen LogP contribution is 2.29. The molecule has 92 valence electrons. The highest BCUT2D eigenvalue weighted by atomic mass is 16.4. The van der Waals surface area contributed by atoms with Gasteiger partial charge in [-0.05, 0) is 30.0 Å². The fraction of sp³-hybridized carbons (Fsp3) is 0.462.